The molecule has 129 heavy (non-hydrogen) atoms. The third kappa shape index (κ3) is 23.7. The number of likely N-dealkylation sites (N-methyl/N-ethyl adjacent to an activating group) is 2. The second-order valence-corrected chi connectivity index (χ2v) is 45.5. The number of carbonyl (C=O) groups excluding carboxylic acids is 2. The van der Waals surface area contributed by atoms with Crippen LogP contribution >= 0.6 is 90.7 Å². The van der Waals surface area contributed by atoms with Gasteiger partial charge in [0, 0.05) is 149 Å². The summed E-state index contributed by atoms with van der Waals surface area (Å²) in [6.45, 7) is 8.67. The zero-order valence-electron chi connectivity index (χ0n) is 72.5. The zero-order valence-corrected chi connectivity index (χ0v) is 82.3. The van der Waals surface area contributed by atoms with Crippen molar-refractivity contribution in [1.29, 1.82) is 0 Å². The van der Waals surface area contributed by atoms with Crippen molar-refractivity contribution in [2.75, 3.05) is 108 Å². The van der Waals surface area contributed by atoms with Crippen LogP contribution in [0, 0.1) is 5.92 Å². The number of amides is 1. The molecule has 1 fully saturated rings. The summed E-state index contributed by atoms with van der Waals surface area (Å²) in [5, 5.41) is 17.4. The summed E-state index contributed by atoms with van der Waals surface area (Å²) in [6.07, 6.45) is 20.4. The molecule has 4 atom stereocenters. The predicted molar refractivity (Wildman–Crippen MR) is 540 cm³/mol. The topological polar surface area (TPSA) is 407 Å². The number of aliphatic imine (C=N–C) groups is 2. The van der Waals surface area contributed by atoms with E-state index in [0.29, 0.717) is 107 Å². The summed E-state index contributed by atoms with van der Waals surface area (Å²) in [5.74, 6) is 3.50. The van der Waals surface area contributed by atoms with Gasteiger partial charge in [-0.1, -0.05) is 88.6 Å². The Kier molecular flexibility index (Phi) is 33.4. The summed E-state index contributed by atoms with van der Waals surface area (Å²) in [6, 6.07) is 23.8. The Morgan fingerprint density at radius 3 is 1.21 bits per heavy atom. The Morgan fingerprint density at radius 2 is 0.853 bits per heavy atom. The molecule has 0 spiro atoms. The SMILES string of the molecule is CCCCS(=O)c1sc2nc(-c3nccs3)cc(-c3ccc(CNC(=O)CN(C)C)cc3)c2c1N.CCCCS(=O)c1sc2nc(-c3nccs3)cc(-c3ccc(COC(=O)OCCN(C)C)cc3)c2c1N.CCCCS(=O)c1sc2nc(-c3nccs3)cc(C3=CN=C(N)C3)c2c1N.COCCCS(=O)c1sc2nc(-c3nccs3)cc(C3=CN=C(C4CC4)C3)c2c1N. The Hall–Kier alpha value is -9.56. The van der Waals surface area contributed by atoms with Gasteiger partial charge in [0.05, 0.1) is 72.5 Å². The first kappa shape index (κ1) is 95.5. The van der Waals surface area contributed by atoms with Gasteiger partial charge in [-0.25, -0.2) is 49.7 Å². The number of nitrogens with two attached hydrogens (primary N) is 5. The number of rotatable bonds is 35. The molecule has 14 heterocycles. The van der Waals surface area contributed by atoms with Crippen molar-refractivity contribution in [2.45, 2.75) is 121 Å². The van der Waals surface area contributed by atoms with Crippen molar-refractivity contribution in [3.8, 4) is 65.1 Å². The molecule has 3 aliphatic rings. The number of allylic oxidation sites excluding steroid dienone is 1. The Balaban J connectivity index is 0.000000140. The minimum Gasteiger partial charge on any atom is -0.433 e. The fraction of sp³-hybridized carbons (Fsp3) is 0.333. The van der Waals surface area contributed by atoms with E-state index < -0.39 is 49.4 Å². The molecule has 0 saturated heterocycles. The molecule has 12 aromatic heterocycles. The summed E-state index contributed by atoms with van der Waals surface area (Å²) in [7, 11) is 4.57. The highest BCUT2D eigenvalue weighted by Gasteiger charge is 2.33. The number of ether oxygens (including phenoxy) is 3. The van der Waals surface area contributed by atoms with Crippen LogP contribution in [0.25, 0.3) is 117 Å². The number of carbonyl (C=O) groups is 2. The maximum atomic E-state index is 13.0. The van der Waals surface area contributed by atoms with Crippen LogP contribution in [0.3, 0.4) is 0 Å². The number of methoxy groups -OCH3 is 1. The second-order valence-electron chi connectivity index (χ2n) is 30.9. The van der Waals surface area contributed by atoms with Crippen molar-refractivity contribution in [2.24, 2.45) is 21.6 Å². The van der Waals surface area contributed by atoms with E-state index in [-0.39, 0.29) is 19.1 Å². The van der Waals surface area contributed by atoms with Gasteiger partial charge in [-0.3, -0.25) is 26.6 Å². The molecule has 1 amide bonds. The van der Waals surface area contributed by atoms with E-state index in [1.165, 1.54) is 97.9 Å². The van der Waals surface area contributed by atoms with Crippen LogP contribution in [0.15, 0.2) is 158 Å². The van der Waals surface area contributed by atoms with E-state index in [1.807, 2.05) is 132 Å². The first-order valence-electron chi connectivity index (χ1n) is 41.8. The number of nitrogen functional groups attached to an aromatic ring is 4. The van der Waals surface area contributed by atoms with Gasteiger partial charge in [0.25, 0.3) is 0 Å². The van der Waals surface area contributed by atoms with Gasteiger partial charge in [0.2, 0.25) is 5.91 Å². The van der Waals surface area contributed by atoms with E-state index in [2.05, 4.69) is 62.1 Å². The van der Waals surface area contributed by atoms with Crippen LogP contribution in [-0.4, -0.2) is 175 Å². The maximum Gasteiger partial charge on any atom is 0.508 e. The lowest BCUT2D eigenvalue weighted by atomic mass is 9.98. The molecule has 17 rings (SSSR count). The summed E-state index contributed by atoms with van der Waals surface area (Å²) in [4.78, 5) is 76.5. The van der Waals surface area contributed by atoms with Gasteiger partial charge >= 0.3 is 6.16 Å². The minimum absolute atomic E-state index is 0.0161. The fourth-order valence-corrected chi connectivity index (χ4v) is 27.3. The molecular weight excluding hydrogens is 1860 g/mol. The van der Waals surface area contributed by atoms with Crippen LogP contribution in [0.1, 0.15) is 114 Å². The first-order chi connectivity index (χ1) is 62.5. The van der Waals surface area contributed by atoms with E-state index in [9.17, 15) is 26.4 Å². The Bertz CT molecular complexity index is 6520. The van der Waals surface area contributed by atoms with Gasteiger partial charge in [0.1, 0.15) is 98.0 Å². The number of nitrogens with zero attached hydrogens (tertiary/aromatic N) is 12. The van der Waals surface area contributed by atoms with Crippen LogP contribution in [-0.2, 0) is 75.4 Å². The quantitative estimate of drug-likeness (QED) is 0.0159. The van der Waals surface area contributed by atoms with Gasteiger partial charge < -0.3 is 58.0 Å². The molecule has 2 aliphatic heterocycles. The number of pyridine rings is 4. The molecule has 4 unspecified atom stereocenters. The Morgan fingerprint density at radius 1 is 0.473 bits per heavy atom. The molecule has 676 valence electrons. The number of unbranched alkanes of at least 4 members (excludes halogenated alkanes) is 3. The molecule has 2 aromatic carbocycles. The minimum atomic E-state index is -1.17. The third-order valence-corrected chi connectivity index (χ3v) is 35.8. The van der Waals surface area contributed by atoms with Crippen molar-refractivity contribution < 1.29 is 40.6 Å². The fourth-order valence-electron chi connectivity index (χ4n) is 13.9. The highest BCUT2D eigenvalue weighted by atomic mass is 32.2. The lowest BCUT2D eigenvalue weighted by Crippen LogP contribution is -2.32. The number of nitrogens with one attached hydrogen (secondary N) is 1. The normalized spacial score (nSPS) is 14.1. The first-order valence-corrected chi connectivity index (χ1v) is 53.9. The van der Waals surface area contributed by atoms with Gasteiger partial charge in [-0.05, 0) is 153 Å². The van der Waals surface area contributed by atoms with E-state index in [4.69, 9.17) is 62.8 Å². The number of aromatic nitrogens is 8. The molecule has 0 bridgehead atoms. The average molecular weight is 1960 g/mol. The molecule has 39 heteroatoms. The summed E-state index contributed by atoms with van der Waals surface area (Å²) >= 11 is 11.8. The smallest absolute Gasteiger partial charge is 0.433 e. The molecule has 14 aromatic rings. The number of hydrogen-bond donors (Lipinski definition) is 6. The highest BCUT2D eigenvalue weighted by Crippen LogP contribution is 2.49. The number of thiophene rings is 4. The monoisotopic (exact) mass is 1960 g/mol. The lowest BCUT2D eigenvalue weighted by Gasteiger charge is -2.11. The van der Waals surface area contributed by atoms with Gasteiger partial charge in [-0.2, -0.15) is 0 Å². The number of thiazole rings is 4. The van der Waals surface area contributed by atoms with Crippen LogP contribution in [0.2, 0.25) is 0 Å². The van der Waals surface area contributed by atoms with E-state index >= 15 is 0 Å². The van der Waals surface area contributed by atoms with Gasteiger partial charge in [-0.15, -0.1) is 90.7 Å². The van der Waals surface area contributed by atoms with Crippen molar-refractivity contribution in [3.05, 3.63) is 154 Å². The molecule has 11 N–H and O–H groups in total. The van der Waals surface area contributed by atoms with Crippen LogP contribution < -0.4 is 34.0 Å². The number of amidine groups is 1. The molecule has 1 saturated carbocycles. The summed E-state index contributed by atoms with van der Waals surface area (Å²) in [5.41, 5.74) is 48.4. The average Bonchev–Trinajstić information content (AvgIpc) is 1.62. The largest absolute Gasteiger partial charge is 0.508 e. The predicted octanol–water partition coefficient (Wildman–Crippen LogP) is 19.3. The van der Waals surface area contributed by atoms with E-state index in [1.54, 1.807) is 49.4 Å². The molecule has 27 nitrogen and oxygen atoms in total. The molecular formula is C90H100N18O9S12. The number of hydrogen-bond acceptors (Lipinski definition) is 34. The molecule has 0 radical (unpaired) electrons. The Labute approximate surface area is 790 Å². The van der Waals surface area contributed by atoms with Crippen molar-refractivity contribution in [3.63, 3.8) is 0 Å². The second kappa shape index (κ2) is 45.0. The number of fused-ring (bicyclic) bond motifs is 4. The van der Waals surface area contributed by atoms with Crippen LogP contribution in [0.5, 0.6) is 0 Å². The molecule has 1 aliphatic carbocycles. The third-order valence-electron chi connectivity index (χ3n) is 20.7. The summed E-state index contributed by atoms with van der Waals surface area (Å²) < 4.78 is 69.8. The number of anilines is 4. The lowest BCUT2D eigenvalue weighted by molar-refractivity contribution is -0.121. The number of benzene rings is 2. The maximum absolute atomic E-state index is 13.0. The van der Waals surface area contributed by atoms with E-state index in [0.717, 1.165) is 191 Å². The van der Waals surface area contributed by atoms with Crippen molar-refractivity contribution >= 4 is 232 Å². The zero-order chi connectivity index (χ0) is 90.9. The van der Waals surface area contributed by atoms with Crippen LogP contribution in [0.4, 0.5) is 27.5 Å². The van der Waals surface area contributed by atoms with Gasteiger partial charge in [0.15, 0.2) is 0 Å². The van der Waals surface area contributed by atoms with Crippen molar-refractivity contribution in [1.82, 2.24) is 55.0 Å². The highest BCUT2D eigenvalue weighted by molar-refractivity contribution is 7.88. The standard InChI is InChI=1S/C26H30N4O4S3.C25H29N5O2S3.C21H22N4O2S3.C18H19N5OS3/c1-4-5-14-37(32)25-22(27)21-19(15-20(29-24(21)36-25)23-28-10-13-35-23)18-8-6-17(7-9-18)16-34-26(31)33-12-11-30(2)3;1-4-5-12-35(32)25-22(26)21-18(13-19(29-24(21)34-25)23-27-10-11-33-23)17-8-6-16(7-9-17)14-28-20(31)15-30(2)3;1-27-6-2-8-30(26)21-18(22)17-14(13-9-15(24-11-13)12-3-4-12)10-16(25-20(17)29-21)19-23-5-7-28-19;1-2-3-6-27(24)18-15(20)14-11(10-7-13(19)22-9-10)8-12(23-17(14)26-18)16-21-4-5-25-16/h6-10,13,15H,4-5,11-12,14,16,27H2,1-3H3;6-11,13H,4-5,12,14-15,26H2,1-3H3,(H,28,31);5,7,10-12H,2-4,6,8-9,22H2,1H3;4-5,8-9H,2-3,6-7,20H2,1H3,(H2,19,22).